The van der Waals surface area contributed by atoms with Crippen LogP contribution in [0.15, 0.2) is 30.3 Å². The summed E-state index contributed by atoms with van der Waals surface area (Å²) < 4.78 is 0. The van der Waals surface area contributed by atoms with Crippen molar-refractivity contribution in [1.82, 2.24) is 20.2 Å². The first-order chi connectivity index (χ1) is 16.8. The minimum Gasteiger partial charge on any atom is -0.465 e. The van der Waals surface area contributed by atoms with Crippen molar-refractivity contribution in [3.05, 3.63) is 52.8 Å². The van der Waals surface area contributed by atoms with E-state index in [4.69, 9.17) is 10.1 Å². The van der Waals surface area contributed by atoms with Crippen LogP contribution in [-0.4, -0.2) is 51.6 Å². The normalized spacial score (nSPS) is 16.7. The van der Waals surface area contributed by atoms with E-state index in [-0.39, 0.29) is 12.5 Å². The van der Waals surface area contributed by atoms with Crippen molar-refractivity contribution < 1.29 is 14.7 Å². The van der Waals surface area contributed by atoms with Crippen LogP contribution in [-0.2, 0) is 4.79 Å². The number of aromatic nitrogens is 2. The fourth-order valence-electron chi connectivity index (χ4n) is 5.46. The first kappa shape index (κ1) is 23.4. The molecule has 1 saturated heterocycles. The van der Waals surface area contributed by atoms with Crippen LogP contribution in [0, 0.1) is 6.92 Å². The number of aromatic amines is 1. The zero-order valence-electron chi connectivity index (χ0n) is 20.7. The van der Waals surface area contributed by atoms with Gasteiger partial charge in [0, 0.05) is 46.9 Å². The number of benzene rings is 1. The molecule has 1 aliphatic carbocycles. The van der Waals surface area contributed by atoms with Gasteiger partial charge in [-0.15, -0.1) is 0 Å². The number of carbonyl (C=O) groups is 2. The molecule has 1 aliphatic heterocycles. The highest BCUT2D eigenvalue weighted by Crippen LogP contribution is 2.42. The highest BCUT2D eigenvalue weighted by Gasteiger charge is 2.27. The minimum absolute atomic E-state index is 0.156. The molecule has 1 saturated carbocycles. The summed E-state index contributed by atoms with van der Waals surface area (Å²) in [6, 6.07) is 11.2. The van der Waals surface area contributed by atoms with E-state index in [0.29, 0.717) is 30.8 Å². The molecule has 2 amide bonds. The number of nitrogens with zero attached hydrogens (tertiary/aromatic N) is 2. The number of likely N-dealkylation sites (tertiary alicyclic amines) is 1. The summed E-state index contributed by atoms with van der Waals surface area (Å²) in [5.41, 5.74) is 8.52. The number of hydrogen-bond acceptors (Lipinski definition) is 3. The molecule has 3 heterocycles. The summed E-state index contributed by atoms with van der Waals surface area (Å²) in [4.78, 5) is 33.2. The van der Waals surface area contributed by atoms with Crippen molar-refractivity contribution in [3.63, 3.8) is 0 Å². The second kappa shape index (κ2) is 9.36. The van der Waals surface area contributed by atoms with E-state index < -0.39 is 6.09 Å². The molecule has 0 atom stereocenters. The predicted molar refractivity (Wildman–Crippen MR) is 137 cm³/mol. The molecule has 5 rings (SSSR count). The quantitative estimate of drug-likeness (QED) is 0.438. The van der Waals surface area contributed by atoms with Gasteiger partial charge in [-0.1, -0.05) is 19.9 Å². The monoisotopic (exact) mass is 474 g/mol. The fraction of sp³-hybridized carbons (Fsp3) is 0.464. The number of amides is 2. The van der Waals surface area contributed by atoms with Gasteiger partial charge in [-0.2, -0.15) is 0 Å². The van der Waals surface area contributed by atoms with Gasteiger partial charge in [-0.25, -0.2) is 4.79 Å². The van der Waals surface area contributed by atoms with Gasteiger partial charge < -0.3 is 20.3 Å². The van der Waals surface area contributed by atoms with Crippen molar-refractivity contribution in [3.8, 4) is 11.3 Å². The SMILES string of the molecule is Cc1cc(-c2[nH]c3ccc(C4CCN(C(=O)CNC(=O)O)CC4)cc3c2C(C)C)cc(C2CC2)n1. The number of pyridine rings is 1. The van der Waals surface area contributed by atoms with E-state index in [1.807, 2.05) is 0 Å². The van der Waals surface area contributed by atoms with Gasteiger partial charge in [0.2, 0.25) is 5.91 Å². The topological polar surface area (TPSA) is 98.3 Å². The summed E-state index contributed by atoms with van der Waals surface area (Å²) in [6.07, 6.45) is 3.08. The Morgan fingerprint density at radius 2 is 1.86 bits per heavy atom. The van der Waals surface area contributed by atoms with Crippen LogP contribution in [0.5, 0.6) is 0 Å². The number of carbonyl (C=O) groups excluding carboxylic acids is 1. The lowest BCUT2D eigenvalue weighted by molar-refractivity contribution is -0.131. The minimum atomic E-state index is -1.17. The first-order valence-electron chi connectivity index (χ1n) is 12.7. The number of hydrogen-bond donors (Lipinski definition) is 3. The largest absolute Gasteiger partial charge is 0.465 e. The third-order valence-corrected chi connectivity index (χ3v) is 7.41. The molecule has 3 N–H and O–H groups in total. The zero-order chi connectivity index (χ0) is 24.7. The van der Waals surface area contributed by atoms with Crippen LogP contribution < -0.4 is 5.32 Å². The predicted octanol–water partition coefficient (Wildman–Crippen LogP) is 5.51. The Labute approximate surface area is 205 Å². The van der Waals surface area contributed by atoms with E-state index in [2.05, 4.69) is 61.4 Å². The molecule has 3 aromatic rings. The maximum Gasteiger partial charge on any atom is 0.405 e. The highest BCUT2D eigenvalue weighted by molar-refractivity contribution is 5.92. The summed E-state index contributed by atoms with van der Waals surface area (Å²) >= 11 is 0. The van der Waals surface area contributed by atoms with Gasteiger partial charge in [-0.05, 0) is 79.8 Å². The molecule has 0 radical (unpaired) electrons. The molecule has 2 aliphatic rings. The number of fused-ring (bicyclic) bond motifs is 1. The number of piperidine rings is 1. The van der Waals surface area contributed by atoms with E-state index in [1.165, 1.54) is 46.3 Å². The van der Waals surface area contributed by atoms with Crippen molar-refractivity contribution in [1.29, 1.82) is 0 Å². The summed E-state index contributed by atoms with van der Waals surface area (Å²) in [5, 5.41) is 12.2. The molecule has 7 heteroatoms. The van der Waals surface area contributed by atoms with Gasteiger partial charge >= 0.3 is 6.09 Å². The van der Waals surface area contributed by atoms with Crippen molar-refractivity contribution in [2.24, 2.45) is 0 Å². The number of carboxylic acid groups (broad SMARTS) is 1. The Bertz CT molecular complexity index is 1270. The average molecular weight is 475 g/mol. The molecule has 0 spiro atoms. The van der Waals surface area contributed by atoms with E-state index in [9.17, 15) is 9.59 Å². The summed E-state index contributed by atoms with van der Waals surface area (Å²) in [7, 11) is 0. The van der Waals surface area contributed by atoms with Crippen LogP contribution in [0.1, 0.15) is 79.8 Å². The van der Waals surface area contributed by atoms with Crippen molar-refractivity contribution in [2.45, 2.75) is 64.2 Å². The van der Waals surface area contributed by atoms with Crippen LogP contribution in [0.25, 0.3) is 22.2 Å². The van der Waals surface area contributed by atoms with Gasteiger partial charge in [0.25, 0.3) is 0 Å². The second-order valence-corrected chi connectivity index (χ2v) is 10.4. The van der Waals surface area contributed by atoms with Crippen LogP contribution >= 0.6 is 0 Å². The molecule has 35 heavy (non-hydrogen) atoms. The Hall–Kier alpha value is -3.35. The number of nitrogens with one attached hydrogen (secondary N) is 2. The molecule has 7 nitrogen and oxygen atoms in total. The lowest BCUT2D eigenvalue weighted by Crippen LogP contribution is -2.43. The smallest absolute Gasteiger partial charge is 0.405 e. The van der Waals surface area contributed by atoms with E-state index >= 15 is 0 Å². The Kier molecular flexibility index (Phi) is 6.26. The van der Waals surface area contributed by atoms with Crippen LogP contribution in [0.3, 0.4) is 0 Å². The molecule has 0 unspecified atom stereocenters. The molecule has 1 aromatic carbocycles. The maximum atomic E-state index is 12.3. The van der Waals surface area contributed by atoms with Crippen LogP contribution in [0.2, 0.25) is 0 Å². The lowest BCUT2D eigenvalue weighted by atomic mass is 9.87. The van der Waals surface area contributed by atoms with Gasteiger partial charge in [0.05, 0.1) is 5.69 Å². The van der Waals surface area contributed by atoms with Crippen molar-refractivity contribution in [2.75, 3.05) is 19.6 Å². The maximum absolute atomic E-state index is 12.3. The summed E-state index contributed by atoms with van der Waals surface area (Å²) in [6.45, 7) is 7.73. The van der Waals surface area contributed by atoms with E-state index in [1.54, 1.807) is 4.90 Å². The van der Waals surface area contributed by atoms with E-state index in [0.717, 1.165) is 24.1 Å². The number of H-pyrrole nitrogens is 1. The highest BCUT2D eigenvalue weighted by atomic mass is 16.4. The molecular weight excluding hydrogens is 440 g/mol. The molecular formula is C28H34N4O3. The zero-order valence-corrected chi connectivity index (χ0v) is 20.7. The van der Waals surface area contributed by atoms with Crippen LogP contribution in [0.4, 0.5) is 4.79 Å². The summed E-state index contributed by atoms with van der Waals surface area (Å²) in [5.74, 6) is 1.22. The molecule has 2 aromatic heterocycles. The molecule has 0 bridgehead atoms. The Balaban J connectivity index is 1.41. The first-order valence-corrected chi connectivity index (χ1v) is 12.7. The third kappa shape index (κ3) is 4.90. The van der Waals surface area contributed by atoms with Crippen molar-refractivity contribution >= 4 is 22.9 Å². The lowest BCUT2D eigenvalue weighted by Gasteiger charge is -2.32. The molecule has 184 valence electrons. The fourth-order valence-corrected chi connectivity index (χ4v) is 5.46. The molecule has 2 fully saturated rings. The average Bonchev–Trinajstić information content (AvgIpc) is 3.61. The second-order valence-electron chi connectivity index (χ2n) is 10.4. The Morgan fingerprint density at radius 1 is 1.11 bits per heavy atom. The van der Waals surface area contributed by atoms with Gasteiger partial charge in [-0.3, -0.25) is 9.78 Å². The number of aryl methyl sites for hydroxylation is 1. The Morgan fingerprint density at radius 3 is 2.51 bits per heavy atom. The standard InChI is InChI=1S/C28H34N4O3/c1-16(2)26-22-13-20(18-8-10-32(11-9-18)25(33)15-29-28(34)35)6-7-23(22)31-27(26)21-12-17(3)30-24(14-21)19-4-5-19/h6-7,12-14,16,18-19,29,31H,4-5,8-11,15H2,1-3H3,(H,34,35). The van der Waals surface area contributed by atoms with Gasteiger partial charge in [0.15, 0.2) is 0 Å². The third-order valence-electron chi connectivity index (χ3n) is 7.41. The van der Waals surface area contributed by atoms with Gasteiger partial charge in [0.1, 0.15) is 6.54 Å². The number of rotatable bonds is 6.